The average molecular weight is 355 g/mol. The van der Waals surface area contributed by atoms with Crippen molar-refractivity contribution < 1.29 is 14.6 Å². The molecule has 1 aromatic carbocycles. The van der Waals surface area contributed by atoms with Crippen LogP contribution in [0.3, 0.4) is 0 Å². The second kappa shape index (κ2) is 5.39. The van der Waals surface area contributed by atoms with Gasteiger partial charge in [-0.05, 0) is 46.4 Å². The van der Waals surface area contributed by atoms with E-state index in [0.29, 0.717) is 5.75 Å². The Morgan fingerprint density at radius 3 is 2.95 bits per heavy atom. The lowest BCUT2D eigenvalue weighted by Crippen LogP contribution is -2.05. The van der Waals surface area contributed by atoms with Crippen LogP contribution < -0.4 is 9.47 Å². The van der Waals surface area contributed by atoms with E-state index in [2.05, 4.69) is 15.9 Å². The molecule has 2 heterocycles. The van der Waals surface area contributed by atoms with E-state index in [0.717, 1.165) is 32.6 Å². The van der Waals surface area contributed by atoms with Crippen LogP contribution in [0.25, 0.3) is 0 Å². The molecule has 0 bridgehead atoms. The molecule has 3 nitrogen and oxygen atoms in total. The molecule has 1 N–H and O–H groups in total. The van der Waals surface area contributed by atoms with E-state index in [1.54, 1.807) is 7.11 Å². The van der Waals surface area contributed by atoms with Gasteiger partial charge in [-0.25, -0.2) is 0 Å². The lowest BCUT2D eigenvalue weighted by molar-refractivity contribution is 0.216. The summed E-state index contributed by atoms with van der Waals surface area (Å²) in [4.78, 5) is 0.870. The minimum atomic E-state index is -0.718. The maximum Gasteiger partial charge on any atom is 0.125 e. The van der Waals surface area contributed by atoms with Crippen LogP contribution in [0.2, 0.25) is 0 Å². The Bertz CT molecular complexity index is 638. The summed E-state index contributed by atoms with van der Waals surface area (Å²) in [6.07, 6.45) is 0.338. The van der Waals surface area contributed by atoms with Crippen molar-refractivity contribution in [3.8, 4) is 11.5 Å². The van der Waals surface area contributed by atoms with Gasteiger partial charge in [0.25, 0.3) is 0 Å². The van der Waals surface area contributed by atoms with Crippen LogP contribution in [0.1, 0.15) is 29.0 Å². The molecule has 0 saturated carbocycles. The predicted molar refractivity (Wildman–Crippen MR) is 82.9 cm³/mol. The summed E-state index contributed by atoms with van der Waals surface area (Å²) in [6, 6.07) is 5.80. The zero-order chi connectivity index (χ0) is 14.3. The third kappa shape index (κ3) is 2.34. The highest BCUT2D eigenvalue weighted by Gasteiger charge is 2.26. The summed E-state index contributed by atoms with van der Waals surface area (Å²) >= 11 is 4.97. The van der Waals surface area contributed by atoms with Gasteiger partial charge >= 0.3 is 0 Å². The number of fused-ring (bicyclic) bond motifs is 1. The summed E-state index contributed by atoms with van der Waals surface area (Å²) in [5, 5.41) is 12.6. The van der Waals surface area contributed by atoms with E-state index >= 15 is 0 Å². The van der Waals surface area contributed by atoms with Crippen molar-refractivity contribution >= 4 is 27.3 Å². The first-order valence-electron chi connectivity index (χ1n) is 6.38. The summed E-state index contributed by atoms with van der Waals surface area (Å²) in [7, 11) is 1.63. The van der Waals surface area contributed by atoms with Crippen LogP contribution in [-0.4, -0.2) is 18.3 Å². The number of ether oxygens (including phenoxy) is 2. The molecule has 0 aliphatic carbocycles. The van der Waals surface area contributed by atoms with Gasteiger partial charge in [-0.3, -0.25) is 0 Å². The van der Waals surface area contributed by atoms with Crippen molar-refractivity contribution in [2.75, 3.05) is 7.11 Å². The fourth-order valence-electron chi connectivity index (χ4n) is 2.49. The molecular formula is C15H15BrO3S. The van der Waals surface area contributed by atoms with Crippen molar-refractivity contribution in [1.29, 1.82) is 0 Å². The molecule has 3 rings (SSSR count). The summed E-state index contributed by atoms with van der Waals surface area (Å²) < 4.78 is 12.1. The van der Waals surface area contributed by atoms with Crippen molar-refractivity contribution in [1.82, 2.24) is 0 Å². The fourth-order valence-corrected chi connectivity index (χ4v) is 4.08. The standard InChI is InChI=1S/C15H15BrO3S/c1-8-5-9-6-13(18-2)10(7-12(9)19-8)14(17)15-11(16)3-4-20-15/h3-4,6-8,14,17H,5H2,1-2H3. The Morgan fingerprint density at radius 2 is 2.30 bits per heavy atom. The van der Waals surface area contributed by atoms with Crippen molar-refractivity contribution in [2.45, 2.75) is 25.6 Å². The minimum absolute atomic E-state index is 0.176. The SMILES string of the molecule is COc1cc2c(cc1C(O)c1sccc1Br)OC(C)C2. The van der Waals surface area contributed by atoms with Gasteiger partial charge < -0.3 is 14.6 Å². The van der Waals surface area contributed by atoms with Gasteiger partial charge in [0.15, 0.2) is 0 Å². The van der Waals surface area contributed by atoms with Gasteiger partial charge in [0.05, 0.1) is 12.0 Å². The number of methoxy groups -OCH3 is 1. The molecule has 0 amide bonds. The number of aliphatic hydroxyl groups is 1. The van der Waals surface area contributed by atoms with Crippen molar-refractivity contribution in [3.05, 3.63) is 44.1 Å². The van der Waals surface area contributed by atoms with Crippen LogP contribution in [0.5, 0.6) is 11.5 Å². The Balaban J connectivity index is 2.05. The van der Waals surface area contributed by atoms with Gasteiger partial charge in [-0.1, -0.05) is 0 Å². The third-order valence-corrected chi connectivity index (χ3v) is 5.36. The average Bonchev–Trinajstić information content (AvgIpc) is 3.00. The van der Waals surface area contributed by atoms with E-state index in [1.807, 2.05) is 30.5 Å². The Hall–Kier alpha value is -1.04. The van der Waals surface area contributed by atoms with Crippen LogP contribution in [0.4, 0.5) is 0 Å². The molecule has 20 heavy (non-hydrogen) atoms. The number of benzene rings is 1. The smallest absolute Gasteiger partial charge is 0.125 e. The van der Waals surface area contributed by atoms with Crippen LogP contribution in [0.15, 0.2) is 28.1 Å². The van der Waals surface area contributed by atoms with E-state index < -0.39 is 6.10 Å². The molecule has 1 aliphatic heterocycles. The molecule has 0 saturated heterocycles. The van der Waals surface area contributed by atoms with Crippen LogP contribution >= 0.6 is 27.3 Å². The molecule has 2 unspecified atom stereocenters. The van der Waals surface area contributed by atoms with E-state index in [9.17, 15) is 5.11 Å². The van der Waals surface area contributed by atoms with Crippen LogP contribution in [-0.2, 0) is 6.42 Å². The number of halogens is 1. The first-order valence-corrected chi connectivity index (χ1v) is 8.06. The number of hydrogen-bond donors (Lipinski definition) is 1. The molecule has 1 aromatic heterocycles. The largest absolute Gasteiger partial charge is 0.496 e. The van der Waals surface area contributed by atoms with Crippen molar-refractivity contribution in [2.24, 2.45) is 0 Å². The molecular weight excluding hydrogens is 340 g/mol. The maximum atomic E-state index is 10.6. The highest BCUT2D eigenvalue weighted by atomic mass is 79.9. The highest BCUT2D eigenvalue weighted by Crippen LogP contribution is 2.41. The van der Waals surface area contributed by atoms with E-state index in [4.69, 9.17) is 9.47 Å². The zero-order valence-corrected chi connectivity index (χ0v) is 13.6. The minimum Gasteiger partial charge on any atom is -0.496 e. The maximum absolute atomic E-state index is 10.6. The molecule has 106 valence electrons. The number of thiophene rings is 1. The Morgan fingerprint density at radius 1 is 1.50 bits per heavy atom. The molecule has 0 fully saturated rings. The first kappa shape index (κ1) is 13.9. The highest BCUT2D eigenvalue weighted by molar-refractivity contribution is 9.10. The molecule has 0 spiro atoms. The first-order chi connectivity index (χ1) is 9.60. The topological polar surface area (TPSA) is 38.7 Å². The lowest BCUT2D eigenvalue weighted by Gasteiger charge is -2.16. The third-order valence-electron chi connectivity index (χ3n) is 3.44. The second-order valence-corrected chi connectivity index (χ2v) is 6.67. The fraction of sp³-hybridized carbons (Fsp3) is 0.333. The second-order valence-electron chi connectivity index (χ2n) is 4.87. The van der Waals surface area contributed by atoms with Gasteiger partial charge in [0, 0.05) is 22.0 Å². The number of rotatable bonds is 3. The predicted octanol–water partition coefficient (Wildman–Crippen LogP) is 3.92. The van der Waals surface area contributed by atoms with Gasteiger partial charge in [-0.2, -0.15) is 0 Å². The summed E-state index contributed by atoms with van der Waals surface area (Å²) in [5.41, 5.74) is 1.87. The van der Waals surface area contributed by atoms with E-state index in [1.165, 1.54) is 11.3 Å². The summed E-state index contributed by atoms with van der Waals surface area (Å²) in [6.45, 7) is 2.04. The zero-order valence-electron chi connectivity index (χ0n) is 11.2. The number of hydrogen-bond acceptors (Lipinski definition) is 4. The molecule has 0 radical (unpaired) electrons. The molecule has 2 aromatic rings. The molecule has 5 heteroatoms. The molecule has 2 atom stereocenters. The van der Waals surface area contributed by atoms with Gasteiger partial charge in [0.2, 0.25) is 0 Å². The Labute approximate surface area is 130 Å². The van der Waals surface area contributed by atoms with Crippen molar-refractivity contribution in [3.63, 3.8) is 0 Å². The van der Waals surface area contributed by atoms with Gasteiger partial charge in [0.1, 0.15) is 23.7 Å². The lowest BCUT2D eigenvalue weighted by atomic mass is 10.0. The normalized spacial score (nSPS) is 18.5. The number of aliphatic hydroxyl groups excluding tert-OH is 1. The van der Waals surface area contributed by atoms with Gasteiger partial charge in [-0.15, -0.1) is 11.3 Å². The molecule has 1 aliphatic rings. The summed E-state index contributed by atoms with van der Waals surface area (Å²) in [5.74, 6) is 1.55. The monoisotopic (exact) mass is 354 g/mol. The quantitative estimate of drug-likeness (QED) is 0.907. The van der Waals surface area contributed by atoms with E-state index in [-0.39, 0.29) is 6.10 Å². The van der Waals surface area contributed by atoms with Crippen LogP contribution in [0, 0.1) is 0 Å². The Kier molecular flexibility index (Phi) is 3.75.